The Kier molecular flexibility index (Phi) is 12.3. The van der Waals surface area contributed by atoms with E-state index in [1.807, 2.05) is 0 Å². The summed E-state index contributed by atoms with van der Waals surface area (Å²) in [5, 5.41) is 0. The molecule has 0 fully saturated rings. The zero-order valence-electron chi connectivity index (χ0n) is 2.75. The molecule has 0 aliphatic rings. The van der Waals surface area contributed by atoms with Crippen LogP contribution in [0, 0.1) is 0 Å². The minimum Gasteiger partial charge on any atom is -0.759 e. The molecule has 0 spiro atoms. The first-order valence-electron chi connectivity index (χ1n) is 0.667. The molecule has 0 N–H and O–H groups in total. The van der Waals surface area contributed by atoms with Crippen molar-refractivity contribution >= 4 is 59.1 Å². The van der Waals surface area contributed by atoms with Crippen molar-refractivity contribution in [1.29, 1.82) is 0 Å². The second kappa shape index (κ2) is 5.48. The summed E-state index contributed by atoms with van der Waals surface area (Å²) in [7, 11) is -5.17. The van der Waals surface area contributed by atoms with Crippen molar-refractivity contribution in [2.45, 2.75) is 0 Å². The molecule has 0 amide bonds. The molecule has 0 aliphatic heterocycles. The fourth-order valence-electron chi connectivity index (χ4n) is 0. The van der Waals surface area contributed by atoms with Gasteiger partial charge >= 0.3 is 37.7 Å². The van der Waals surface area contributed by atoms with Gasteiger partial charge in [-0.05, 0) is 11.0 Å². The van der Waals surface area contributed by atoms with Gasteiger partial charge in [-0.15, -0.1) is 0 Å². The maximum Gasteiger partial charge on any atom is 2.00 e. The van der Waals surface area contributed by atoms with Crippen LogP contribution in [0.4, 0.5) is 0 Å². The van der Waals surface area contributed by atoms with Crippen molar-refractivity contribution in [1.82, 2.24) is 0 Å². The fraction of sp³-hybridized carbons (Fsp3) is 0. The van der Waals surface area contributed by atoms with E-state index in [-0.39, 0.29) is 48.7 Å². The monoisotopic (exact) mass is 168 g/mol. The van der Waals surface area contributed by atoms with Crippen LogP contribution in [0.3, 0.4) is 0 Å². The summed E-state index contributed by atoms with van der Waals surface area (Å²) in [6, 6.07) is 0. The smallest absolute Gasteiger partial charge is 0.759 e. The fourth-order valence-corrected chi connectivity index (χ4v) is 0. The third-order valence-electron chi connectivity index (χ3n) is 0. The van der Waals surface area contributed by atoms with Gasteiger partial charge in [0.1, 0.15) is 0 Å². The van der Waals surface area contributed by atoms with E-state index in [0.717, 1.165) is 0 Å². The van der Waals surface area contributed by atoms with E-state index in [4.69, 9.17) is 17.5 Å². The Morgan fingerprint density at radius 2 is 1.14 bits per heavy atom. The molecule has 4 nitrogen and oxygen atoms in total. The summed E-state index contributed by atoms with van der Waals surface area (Å²) in [6.07, 6.45) is 0. The molecule has 0 atom stereocenters. The van der Waals surface area contributed by atoms with E-state index >= 15 is 0 Å². The van der Waals surface area contributed by atoms with Crippen molar-refractivity contribution in [3.05, 3.63) is 0 Å². The van der Waals surface area contributed by atoms with E-state index in [1.165, 1.54) is 0 Å². The molecule has 0 aromatic rings. The van der Waals surface area contributed by atoms with Gasteiger partial charge in [-0.1, -0.05) is 0 Å². The van der Waals surface area contributed by atoms with Crippen molar-refractivity contribution in [3.8, 4) is 0 Å². The van der Waals surface area contributed by atoms with Crippen molar-refractivity contribution in [3.63, 3.8) is 0 Å². The minimum absolute atomic E-state index is 0. The molecule has 0 unspecified atom stereocenters. The maximum atomic E-state index is 8.52. The molecule has 0 saturated carbocycles. The van der Waals surface area contributed by atoms with Gasteiger partial charge in [-0.2, -0.15) is 0 Å². The van der Waals surface area contributed by atoms with E-state index in [9.17, 15) is 0 Å². The van der Waals surface area contributed by atoms with Crippen LogP contribution < -0.4 is 0 Å². The Labute approximate surface area is 75.9 Å². The van der Waals surface area contributed by atoms with E-state index < -0.39 is 10.4 Å². The molecule has 0 heterocycles. The molecule has 0 radical (unpaired) electrons. The average molecular weight is 168 g/mol. The summed E-state index contributed by atoms with van der Waals surface area (Å²) in [4.78, 5) is 0. The van der Waals surface area contributed by atoms with Gasteiger partial charge in [0.2, 0.25) is 0 Å². The van der Waals surface area contributed by atoms with E-state index in [1.54, 1.807) is 0 Å². The third kappa shape index (κ3) is 116. The largest absolute Gasteiger partial charge is 2.00 e. The van der Waals surface area contributed by atoms with Gasteiger partial charge in [0.05, 0.1) is 0 Å². The van der Waals surface area contributed by atoms with Gasteiger partial charge in [0.25, 0.3) is 0 Å². The van der Waals surface area contributed by atoms with Crippen molar-refractivity contribution in [2.75, 3.05) is 0 Å². The van der Waals surface area contributed by atoms with Crippen LogP contribution in [-0.2, 0) is 10.4 Å². The van der Waals surface area contributed by atoms with Gasteiger partial charge in [0.15, 0.2) is 0 Å². The second-order valence-electron chi connectivity index (χ2n) is 0.408. The Balaban J connectivity index is -0.0000000800. The van der Waals surface area contributed by atoms with Crippen LogP contribution in [0.15, 0.2) is 0 Å². The topological polar surface area (TPSA) is 80.3 Å². The van der Waals surface area contributed by atoms with E-state index in [0.29, 0.717) is 0 Å². The zero-order valence-corrected chi connectivity index (χ0v) is 5.77. The molecule has 0 aromatic carbocycles. The Morgan fingerprint density at radius 1 is 1.14 bits per heavy atom. The van der Waals surface area contributed by atoms with Gasteiger partial charge in [-0.3, -0.25) is 8.42 Å². The van der Waals surface area contributed by atoms with Gasteiger partial charge in [0, 0.05) is 10.4 Å². The summed E-state index contributed by atoms with van der Waals surface area (Å²) < 4.78 is 34.1. The first kappa shape index (κ1) is 15.8. The molecule has 0 rings (SSSR count). The standard InChI is InChI=1S/Ca.H2O4S.H4Si/c;1-5(2,3)4;/h;(H2,1,2,3,4);1H4/q+2;;/p-2. The Morgan fingerprint density at radius 3 is 1.14 bits per heavy atom. The van der Waals surface area contributed by atoms with Crippen molar-refractivity contribution < 1.29 is 17.5 Å². The first-order valence-corrected chi connectivity index (χ1v) is 2.00. The Bertz CT molecular complexity index is 94.9. The quantitative estimate of drug-likeness (QED) is 0.217. The minimum atomic E-state index is -5.17. The van der Waals surface area contributed by atoms with Gasteiger partial charge < -0.3 is 9.11 Å². The predicted octanol–water partition coefficient (Wildman–Crippen LogP) is -3.17. The molecule has 0 bridgehead atoms. The summed E-state index contributed by atoms with van der Waals surface area (Å²) in [5.74, 6) is 0. The normalized spacial score (nSPS) is 8.29. The molecule has 7 heteroatoms. The number of hydrogen-bond donors (Lipinski definition) is 0. The van der Waals surface area contributed by atoms with Crippen molar-refractivity contribution in [2.24, 2.45) is 0 Å². The van der Waals surface area contributed by atoms with Crippen LogP contribution in [0.5, 0.6) is 0 Å². The first-order chi connectivity index (χ1) is 2.00. The SMILES string of the molecule is O=S(=O)([O-])[O-].[Ca+2].[SiH4]. The van der Waals surface area contributed by atoms with E-state index in [2.05, 4.69) is 0 Å². The molecule has 7 heavy (non-hydrogen) atoms. The van der Waals surface area contributed by atoms with Crippen LogP contribution in [-0.4, -0.2) is 66.2 Å². The van der Waals surface area contributed by atoms with Crippen LogP contribution in [0.25, 0.3) is 0 Å². The molecular formula is H4CaO4SSi. The molecule has 0 saturated heterocycles. The van der Waals surface area contributed by atoms with Crippen LogP contribution >= 0.6 is 0 Å². The molecule has 40 valence electrons. The molecular weight excluding hydrogens is 164 g/mol. The second-order valence-corrected chi connectivity index (χ2v) is 1.22. The Hall–Kier alpha value is 1.35. The van der Waals surface area contributed by atoms with Gasteiger partial charge in [-0.25, -0.2) is 0 Å². The number of rotatable bonds is 0. The number of hydrogen-bond acceptors (Lipinski definition) is 4. The third-order valence-corrected chi connectivity index (χ3v) is 0. The summed E-state index contributed by atoms with van der Waals surface area (Å²) in [5.41, 5.74) is 0. The van der Waals surface area contributed by atoms with Crippen LogP contribution in [0.2, 0.25) is 0 Å². The molecule has 0 aliphatic carbocycles. The summed E-state index contributed by atoms with van der Waals surface area (Å²) in [6.45, 7) is 0. The predicted molar refractivity (Wildman–Crippen MR) is 27.6 cm³/mol. The maximum absolute atomic E-state index is 8.52. The average Bonchev–Trinajstić information content (AvgIpc) is 0.722. The zero-order chi connectivity index (χ0) is 4.50. The summed E-state index contributed by atoms with van der Waals surface area (Å²) >= 11 is 0. The molecule has 0 aromatic heterocycles. The van der Waals surface area contributed by atoms with Crippen LogP contribution in [0.1, 0.15) is 0 Å².